The Bertz CT molecular complexity index is 1020. The molecule has 3 rings (SSSR count). The Morgan fingerprint density at radius 3 is 2.25 bits per heavy atom. The van der Waals surface area contributed by atoms with Crippen LogP contribution >= 0.6 is 24.0 Å². The third-order valence-electron chi connectivity index (χ3n) is 4.77. The van der Waals surface area contributed by atoms with Gasteiger partial charge in [-0.25, -0.2) is 4.99 Å². The molecule has 0 unspecified atom stereocenters. The minimum atomic E-state index is 0. The first-order valence-corrected chi connectivity index (χ1v) is 10.4. The molecule has 0 spiro atoms. The van der Waals surface area contributed by atoms with E-state index < -0.39 is 0 Å². The monoisotopic (exact) mass is 544 g/mol. The van der Waals surface area contributed by atoms with Crippen molar-refractivity contribution in [1.29, 1.82) is 0 Å². The van der Waals surface area contributed by atoms with Crippen LogP contribution in [0, 0.1) is 0 Å². The fourth-order valence-corrected chi connectivity index (χ4v) is 3.07. The number of nitrogens with zero attached hydrogens (tertiary/aromatic N) is 2. The molecule has 3 aromatic carbocycles. The van der Waals surface area contributed by atoms with Crippen molar-refractivity contribution in [3.8, 4) is 11.5 Å². The molecule has 0 aliphatic carbocycles. The number of hydrogen-bond acceptors (Lipinski definition) is 3. The zero-order valence-electron chi connectivity index (χ0n) is 18.3. The number of ether oxygens (including phenoxy) is 1. The predicted octanol–water partition coefficient (Wildman–Crippen LogP) is 5.51. The standard InChI is InChI=1S/C25H28N4O2.HI/c1-3-29(4-2)24(30)20-15-13-19(14-16-20)18-27-25(26)28-21-9-8-12-23(17-21)31-22-10-6-5-7-11-22;/h5-17H,3-4,18H2,1-2H3,(H3,26,27,28);1H. The normalized spacial score (nSPS) is 10.8. The lowest BCUT2D eigenvalue weighted by atomic mass is 10.1. The Balaban J connectivity index is 0.00000363. The molecule has 32 heavy (non-hydrogen) atoms. The largest absolute Gasteiger partial charge is 0.457 e. The van der Waals surface area contributed by atoms with Gasteiger partial charge in [0.05, 0.1) is 6.54 Å². The van der Waals surface area contributed by atoms with Crippen molar-refractivity contribution in [2.45, 2.75) is 20.4 Å². The third kappa shape index (κ3) is 7.26. The summed E-state index contributed by atoms with van der Waals surface area (Å²) < 4.78 is 5.84. The number of guanidine groups is 1. The highest BCUT2D eigenvalue weighted by molar-refractivity contribution is 14.0. The van der Waals surface area contributed by atoms with Crippen LogP contribution in [0.1, 0.15) is 29.8 Å². The summed E-state index contributed by atoms with van der Waals surface area (Å²) in [6.07, 6.45) is 0. The number of hydrogen-bond donors (Lipinski definition) is 2. The quantitative estimate of drug-likeness (QED) is 0.223. The fourth-order valence-electron chi connectivity index (χ4n) is 3.07. The summed E-state index contributed by atoms with van der Waals surface area (Å²) in [5.41, 5.74) is 8.49. The molecule has 0 aliphatic rings. The number of carbonyl (C=O) groups is 1. The summed E-state index contributed by atoms with van der Waals surface area (Å²) in [7, 11) is 0. The van der Waals surface area contributed by atoms with Crippen molar-refractivity contribution in [2.75, 3.05) is 18.4 Å². The first-order valence-electron chi connectivity index (χ1n) is 10.4. The van der Waals surface area contributed by atoms with Gasteiger partial charge in [0.15, 0.2) is 5.96 Å². The zero-order chi connectivity index (χ0) is 22.1. The maximum absolute atomic E-state index is 12.4. The van der Waals surface area contributed by atoms with Gasteiger partial charge in [0.25, 0.3) is 5.91 Å². The van der Waals surface area contributed by atoms with Crippen LogP contribution < -0.4 is 15.8 Å². The third-order valence-corrected chi connectivity index (χ3v) is 4.77. The van der Waals surface area contributed by atoms with Crippen LogP contribution in [0.15, 0.2) is 83.9 Å². The molecular formula is C25H29IN4O2. The van der Waals surface area contributed by atoms with Crippen LogP contribution in [0.25, 0.3) is 0 Å². The summed E-state index contributed by atoms with van der Waals surface area (Å²) in [6.45, 7) is 5.76. The van der Waals surface area contributed by atoms with Gasteiger partial charge in [0.1, 0.15) is 11.5 Å². The molecule has 0 aromatic heterocycles. The number of halogens is 1. The van der Waals surface area contributed by atoms with Crippen molar-refractivity contribution in [1.82, 2.24) is 4.90 Å². The van der Waals surface area contributed by atoms with Gasteiger partial charge in [-0.3, -0.25) is 4.79 Å². The van der Waals surface area contributed by atoms with E-state index in [1.54, 1.807) is 4.90 Å². The molecule has 0 aliphatic heterocycles. The average molecular weight is 544 g/mol. The number of benzene rings is 3. The van der Waals surface area contributed by atoms with E-state index in [1.807, 2.05) is 92.7 Å². The molecule has 0 radical (unpaired) electrons. The van der Waals surface area contributed by atoms with Gasteiger partial charge in [-0.2, -0.15) is 0 Å². The maximum Gasteiger partial charge on any atom is 0.253 e. The highest BCUT2D eigenvalue weighted by atomic mass is 127. The van der Waals surface area contributed by atoms with Gasteiger partial charge in [0.2, 0.25) is 0 Å². The predicted molar refractivity (Wildman–Crippen MR) is 141 cm³/mol. The maximum atomic E-state index is 12.4. The van der Waals surface area contributed by atoms with Gasteiger partial charge in [0, 0.05) is 30.4 Å². The smallest absolute Gasteiger partial charge is 0.253 e. The number of anilines is 1. The number of rotatable bonds is 8. The molecule has 1 amide bonds. The Morgan fingerprint density at radius 2 is 1.59 bits per heavy atom. The number of aliphatic imine (C=N–C) groups is 1. The lowest BCUT2D eigenvalue weighted by Gasteiger charge is -2.18. The summed E-state index contributed by atoms with van der Waals surface area (Å²) in [5, 5.41) is 3.09. The van der Waals surface area contributed by atoms with Crippen molar-refractivity contribution >= 4 is 41.5 Å². The van der Waals surface area contributed by atoms with E-state index in [9.17, 15) is 4.79 Å². The number of nitrogens with two attached hydrogens (primary N) is 1. The Labute approximate surface area is 206 Å². The van der Waals surface area contributed by atoms with Crippen molar-refractivity contribution in [3.05, 3.63) is 90.0 Å². The van der Waals surface area contributed by atoms with Gasteiger partial charge in [-0.1, -0.05) is 36.4 Å². The van der Waals surface area contributed by atoms with Crippen molar-refractivity contribution in [2.24, 2.45) is 10.7 Å². The lowest BCUT2D eigenvalue weighted by Crippen LogP contribution is -2.30. The van der Waals surface area contributed by atoms with E-state index in [0.717, 1.165) is 17.0 Å². The number of para-hydroxylation sites is 1. The average Bonchev–Trinajstić information content (AvgIpc) is 2.80. The van der Waals surface area contributed by atoms with E-state index in [1.165, 1.54) is 0 Å². The van der Waals surface area contributed by atoms with Crippen LogP contribution in [0.2, 0.25) is 0 Å². The van der Waals surface area contributed by atoms with Gasteiger partial charge in [-0.05, 0) is 55.8 Å². The van der Waals surface area contributed by atoms with E-state index >= 15 is 0 Å². The molecule has 7 heteroatoms. The van der Waals surface area contributed by atoms with E-state index in [4.69, 9.17) is 10.5 Å². The second kappa shape index (κ2) is 12.7. The highest BCUT2D eigenvalue weighted by Crippen LogP contribution is 2.23. The van der Waals surface area contributed by atoms with E-state index in [2.05, 4.69) is 10.3 Å². The first-order chi connectivity index (χ1) is 15.1. The number of amides is 1. The molecule has 168 valence electrons. The van der Waals surface area contributed by atoms with Crippen molar-refractivity contribution < 1.29 is 9.53 Å². The SMILES string of the molecule is CCN(CC)C(=O)c1ccc(CN=C(N)Nc2cccc(Oc3ccccc3)c2)cc1.I. The van der Waals surface area contributed by atoms with E-state index in [0.29, 0.717) is 36.9 Å². The van der Waals surface area contributed by atoms with Crippen LogP contribution in [-0.2, 0) is 6.54 Å². The lowest BCUT2D eigenvalue weighted by molar-refractivity contribution is 0.0773. The zero-order valence-corrected chi connectivity index (χ0v) is 20.7. The minimum Gasteiger partial charge on any atom is -0.457 e. The molecule has 6 nitrogen and oxygen atoms in total. The first kappa shape index (κ1) is 25.2. The molecule has 0 saturated heterocycles. The molecule has 3 aromatic rings. The molecule has 0 saturated carbocycles. The van der Waals surface area contributed by atoms with Crippen LogP contribution in [0.4, 0.5) is 5.69 Å². The van der Waals surface area contributed by atoms with Crippen LogP contribution in [-0.4, -0.2) is 29.9 Å². The topological polar surface area (TPSA) is 80.0 Å². The molecule has 0 bridgehead atoms. The Kier molecular flexibility index (Phi) is 10.0. The fraction of sp³-hybridized carbons (Fsp3) is 0.200. The second-order valence-corrected chi connectivity index (χ2v) is 6.94. The summed E-state index contributed by atoms with van der Waals surface area (Å²) in [6, 6.07) is 24.6. The molecule has 0 atom stereocenters. The molecule has 0 heterocycles. The summed E-state index contributed by atoms with van der Waals surface area (Å²) in [5.74, 6) is 1.82. The van der Waals surface area contributed by atoms with Crippen LogP contribution in [0.3, 0.4) is 0 Å². The second-order valence-electron chi connectivity index (χ2n) is 6.94. The molecule has 3 N–H and O–H groups in total. The molecular weight excluding hydrogens is 515 g/mol. The van der Waals surface area contributed by atoms with Crippen molar-refractivity contribution in [3.63, 3.8) is 0 Å². The highest BCUT2D eigenvalue weighted by Gasteiger charge is 2.11. The Hall–Kier alpha value is -3.07. The minimum absolute atomic E-state index is 0. The van der Waals surface area contributed by atoms with Gasteiger partial charge < -0.3 is 20.7 Å². The number of nitrogens with one attached hydrogen (secondary N) is 1. The van der Waals surface area contributed by atoms with Crippen LogP contribution in [0.5, 0.6) is 11.5 Å². The summed E-state index contributed by atoms with van der Waals surface area (Å²) in [4.78, 5) is 18.6. The molecule has 0 fully saturated rings. The number of carbonyl (C=O) groups excluding carboxylic acids is 1. The van der Waals surface area contributed by atoms with E-state index in [-0.39, 0.29) is 29.9 Å². The van der Waals surface area contributed by atoms with Gasteiger partial charge >= 0.3 is 0 Å². The Morgan fingerprint density at radius 1 is 0.938 bits per heavy atom. The summed E-state index contributed by atoms with van der Waals surface area (Å²) >= 11 is 0. The van der Waals surface area contributed by atoms with Gasteiger partial charge in [-0.15, -0.1) is 24.0 Å².